The second kappa shape index (κ2) is 7.92. The Bertz CT molecular complexity index is 735. The van der Waals surface area contributed by atoms with Crippen molar-refractivity contribution in [3.05, 3.63) is 69.8 Å². The van der Waals surface area contributed by atoms with Gasteiger partial charge in [0, 0.05) is 17.8 Å². The van der Waals surface area contributed by atoms with Crippen molar-refractivity contribution >= 4 is 17.3 Å². The van der Waals surface area contributed by atoms with Crippen molar-refractivity contribution in [2.75, 3.05) is 5.32 Å². The Balaban J connectivity index is 2.18. The van der Waals surface area contributed by atoms with Gasteiger partial charge in [0.25, 0.3) is 5.69 Å². The summed E-state index contributed by atoms with van der Waals surface area (Å²) < 4.78 is 0. The van der Waals surface area contributed by atoms with Crippen molar-refractivity contribution in [1.29, 1.82) is 0 Å². The number of amides is 1. The van der Waals surface area contributed by atoms with Crippen LogP contribution in [0, 0.1) is 16.0 Å². The third-order valence-electron chi connectivity index (χ3n) is 4.26. The Morgan fingerprint density at radius 2 is 1.44 bits per heavy atom. The number of benzene rings is 2. The molecule has 0 aliphatic rings. The smallest absolute Gasteiger partial charge is 0.269 e. The largest absolute Gasteiger partial charge is 0.326 e. The SMILES string of the molecule is CC(C)c1ccc(NC(=O)C(c2ccc([N+](=O)[O-])cc2)C(C)C)cc1. The second-order valence-electron chi connectivity index (χ2n) is 6.84. The molecule has 0 saturated heterocycles. The fourth-order valence-corrected chi connectivity index (χ4v) is 2.81. The first-order valence-corrected chi connectivity index (χ1v) is 8.44. The summed E-state index contributed by atoms with van der Waals surface area (Å²) in [5.74, 6) is 0.0244. The lowest BCUT2D eigenvalue weighted by Gasteiger charge is -2.21. The zero-order valence-corrected chi connectivity index (χ0v) is 15.0. The summed E-state index contributed by atoms with van der Waals surface area (Å²) in [4.78, 5) is 23.1. The normalized spacial score (nSPS) is 12.2. The standard InChI is InChI=1S/C20H24N2O3/c1-13(2)15-5-9-17(10-6-15)21-20(23)19(14(3)4)16-7-11-18(12-8-16)22(24)25/h5-14,19H,1-4H3,(H,21,23). The molecule has 1 N–H and O–H groups in total. The highest BCUT2D eigenvalue weighted by molar-refractivity contribution is 5.96. The molecule has 0 fully saturated rings. The van der Waals surface area contributed by atoms with Gasteiger partial charge in [-0.15, -0.1) is 0 Å². The number of nitrogens with zero attached hydrogens (tertiary/aromatic N) is 1. The van der Waals surface area contributed by atoms with Crippen LogP contribution in [-0.4, -0.2) is 10.8 Å². The van der Waals surface area contributed by atoms with Crippen LogP contribution in [0.3, 0.4) is 0 Å². The zero-order valence-electron chi connectivity index (χ0n) is 15.0. The number of hydrogen-bond donors (Lipinski definition) is 1. The van der Waals surface area contributed by atoms with Gasteiger partial charge in [0.1, 0.15) is 0 Å². The van der Waals surface area contributed by atoms with E-state index in [-0.39, 0.29) is 23.4 Å². The Morgan fingerprint density at radius 3 is 1.88 bits per heavy atom. The molecule has 1 amide bonds. The lowest BCUT2D eigenvalue weighted by Crippen LogP contribution is -2.25. The van der Waals surface area contributed by atoms with Gasteiger partial charge in [0.05, 0.1) is 10.8 Å². The number of non-ortho nitro benzene ring substituents is 1. The molecule has 0 spiro atoms. The first kappa shape index (κ1) is 18.6. The summed E-state index contributed by atoms with van der Waals surface area (Å²) in [5.41, 5.74) is 2.77. The molecule has 1 unspecified atom stereocenters. The van der Waals surface area contributed by atoms with Crippen molar-refractivity contribution < 1.29 is 9.72 Å². The summed E-state index contributed by atoms with van der Waals surface area (Å²) in [6.45, 7) is 8.18. The van der Waals surface area contributed by atoms with E-state index in [1.807, 2.05) is 38.1 Å². The summed E-state index contributed by atoms with van der Waals surface area (Å²) in [7, 11) is 0. The highest BCUT2D eigenvalue weighted by Crippen LogP contribution is 2.28. The van der Waals surface area contributed by atoms with Crippen molar-refractivity contribution in [1.82, 2.24) is 0 Å². The van der Waals surface area contributed by atoms with Gasteiger partial charge in [-0.2, -0.15) is 0 Å². The Kier molecular flexibility index (Phi) is 5.91. The quantitative estimate of drug-likeness (QED) is 0.587. The summed E-state index contributed by atoms with van der Waals surface area (Å²) in [6.07, 6.45) is 0. The van der Waals surface area contributed by atoms with Crippen LogP contribution in [0.15, 0.2) is 48.5 Å². The molecule has 2 aromatic rings. The lowest BCUT2D eigenvalue weighted by molar-refractivity contribution is -0.384. The molecule has 0 saturated carbocycles. The van der Waals surface area contributed by atoms with Crippen molar-refractivity contribution in [2.45, 2.75) is 39.5 Å². The number of nitro benzene ring substituents is 1. The van der Waals surface area contributed by atoms with E-state index in [0.29, 0.717) is 5.92 Å². The average Bonchev–Trinajstić information content (AvgIpc) is 2.55. The van der Waals surface area contributed by atoms with E-state index < -0.39 is 4.92 Å². The van der Waals surface area contributed by atoms with E-state index in [1.54, 1.807) is 12.1 Å². The molecule has 2 aromatic carbocycles. The van der Waals surface area contributed by atoms with Gasteiger partial charge in [-0.05, 0) is 35.1 Å². The minimum Gasteiger partial charge on any atom is -0.326 e. The van der Waals surface area contributed by atoms with Crippen LogP contribution in [0.4, 0.5) is 11.4 Å². The minimum atomic E-state index is -0.440. The zero-order chi connectivity index (χ0) is 18.6. The van der Waals surface area contributed by atoms with Crippen LogP contribution in [0.1, 0.15) is 50.7 Å². The molecule has 2 rings (SSSR count). The third-order valence-corrected chi connectivity index (χ3v) is 4.26. The maximum Gasteiger partial charge on any atom is 0.269 e. The molecule has 0 aliphatic heterocycles. The molecule has 0 aliphatic carbocycles. The molecule has 0 heterocycles. The average molecular weight is 340 g/mol. The Labute approximate surface area is 148 Å². The van der Waals surface area contributed by atoms with Crippen molar-refractivity contribution in [3.8, 4) is 0 Å². The highest BCUT2D eigenvalue weighted by atomic mass is 16.6. The van der Waals surface area contributed by atoms with Gasteiger partial charge in [0.15, 0.2) is 0 Å². The van der Waals surface area contributed by atoms with Crippen LogP contribution >= 0.6 is 0 Å². The number of nitrogens with one attached hydrogen (secondary N) is 1. The minimum absolute atomic E-state index is 0.0240. The van der Waals surface area contributed by atoms with E-state index in [9.17, 15) is 14.9 Å². The second-order valence-corrected chi connectivity index (χ2v) is 6.84. The van der Waals surface area contributed by atoms with E-state index in [1.165, 1.54) is 17.7 Å². The topological polar surface area (TPSA) is 72.2 Å². The molecule has 1 atom stereocenters. The first-order valence-electron chi connectivity index (χ1n) is 8.44. The first-order chi connectivity index (χ1) is 11.8. The molecule has 25 heavy (non-hydrogen) atoms. The predicted octanol–water partition coefficient (Wildman–Crippen LogP) is 5.10. The van der Waals surface area contributed by atoms with Gasteiger partial charge in [-0.1, -0.05) is 52.0 Å². The maximum atomic E-state index is 12.7. The number of anilines is 1. The number of carbonyl (C=O) groups is 1. The maximum absolute atomic E-state index is 12.7. The molecular weight excluding hydrogens is 316 g/mol. The third kappa shape index (κ3) is 4.66. The fraction of sp³-hybridized carbons (Fsp3) is 0.350. The summed E-state index contributed by atoms with van der Waals surface area (Å²) in [6, 6.07) is 14.0. The highest BCUT2D eigenvalue weighted by Gasteiger charge is 2.25. The number of carbonyl (C=O) groups excluding carboxylic acids is 1. The Morgan fingerprint density at radius 1 is 0.920 bits per heavy atom. The van der Waals surface area contributed by atoms with Gasteiger partial charge < -0.3 is 5.32 Å². The van der Waals surface area contributed by atoms with Crippen LogP contribution in [0.25, 0.3) is 0 Å². The van der Waals surface area contributed by atoms with Gasteiger partial charge in [0.2, 0.25) is 5.91 Å². The van der Waals surface area contributed by atoms with E-state index in [4.69, 9.17) is 0 Å². The van der Waals surface area contributed by atoms with Gasteiger partial charge >= 0.3 is 0 Å². The summed E-state index contributed by atoms with van der Waals surface area (Å²) in [5, 5.41) is 13.7. The number of nitro groups is 1. The van der Waals surface area contributed by atoms with E-state index in [0.717, 1.165) is 11.3 Å². The molecule has 5 nitrogen and oxygen atoms in total. The fourth-order valence-electron chi connectivity index (χ4n) is 2.81. The van der Waals surface area contributed by atoms with Gasteiger partial charge in [-0.3, -0.25) is 14.9 Å². The molecule has 132 valence electrons. The van der Waals surface area contributed by atoms with Gasteiger partial charge in [-0.25, -0.2) is 0 Å². The summed E-state index contributed by atoms with van der Waals surface area (Å²) >= 11 is 0. The van der Waals surface area contributed by atoms with E-state index >= 15 is 0 Å². The van der Waals surface area contributed by atoms with E-state index in [2.05, 4.69) is 19.2 Å². The molecule has 0 aromatic heterocycles. The van der Waals surface area contributed by atoms with Crippen LogP contribution < -0.4 is 5.32 Å². The number of rotatable bonds is 6. The van der Waals surface area contributed by atoms with Crippen LogP contribution in [0.5, 0.6) is 0 Å². The predicted molar refractivity (Wildman–Crippen MR) is 99.8 cm³/mol. The molecular formula is C20H24N2O3. The monoisotopic (exact) mass is 340 g/mol. The Hall–Kier alpha value is -2.69. The van der Waals surface area contributed by atoms with Crippen molar-refractivity contribution in [3.63, 3.8) is 0 Å². The molecule has 0 radical (unpaired) electrons. The lowest BCUT2D eigenvalue weighted by atomic mass is 9.87. The molecule has 5 heteroatoms. The van der Waals surface area contributed by atoms with Crippen molar-refractivity contribution in [2.24, 2.45) is 5.92 Å². The van der Waals surface area contributed by atoms with Crippen LogP contribution in [-0.2, 0) is 4.79 Å². The number of hydrogen-bond acceptors (Lipinski definition) is 3. The molecule has 0 bridgehead atoms. The van der Waals surface area contributed by atoms with Crippen LogP contribution in [0.2, 0.25) is 0 Å².